The van der Waals surface area contributed by atoms with E-state index < -0.39 is 0 Å². The van der Waals surface area contributed by atoms with E-state index >= 15 is 0 Å². The number of ether oxygens (including phenoxy) is 1. The monoisotopic (exact) mass is 358 g/mol. The fraction of sp³-hybridized carbons (Fsp3) is 0.111. The van der Waals surface area contributed by atoms with E-state index in [4.69, 9.17) is 4.74 Å². The molecule has 4 nitrogen and oxygen atoms in total. The number of carbonyl (C=O) groups is 1. The molecule has 0 unspecified atom stereocenters. The number of amides is 1. The first-order valence-corrected chi connectivity index (χ1v) is 5.76. The molecule has 0 heterocycles. The molecule has 0 aliphatic carbocycles. The number of thiocarbonyl (C=S) groups is 1. The molecule has 8 heteroatoms. The number of rotatable bonds is 2. The molecule has 0 spiro atoms. The number of carbonyl (C=O) groups excluding carboxylic acids is 1. The number of benzene rings is 1. The van der Waals surface area contributed by atoms with Gasteiger partial charge in [0, 0.05) is 4.47 Å². The fourth-order valence-corrected chi connectivity index (χ4v) is 1.62. The van der Waals surface area contributed by atoms with Crippen molar-refractivity contribution in [2.75, 3.05) is 7.11 Å². The molecule has 0 atom stereocenters. The number of hydrogen-bond acceptors (Lipinski definition) is 4. The van der Waals surface area contributed by atoms with E-state index in [1.165, 1.54) is 0 Å². The van der Waals surface area contributed by atoms with Gasteiger partial charge in [0.1, 0.15) is 5.75 Å². The van der Waals surface area contributed by atoms with Crippen LogP contribution in [-0.4, -0.2) is 17.3 Å². The van der Waals surface area contributed by atoms with E-state index in [0.717, 1.165) is 0 Å². The minimum absolute atomic E-state index is 0. The molecule has 1 amide bonds. The molecule has 0 aliphatic rings. The molecular weight excluding hydrogens is 351 g/mol. The quantitative estimate of drug-likeness (QED) is 0.292. The van der Waals surface area contributed by atoms with Gasteiger partial charge in [-0.05, 0) is 38.4 Å². The number of nitrogens with one attached hydrogen (secondary N) is 2. The maximum Gasteiger partial charge on any atom is 1.00 e. The Balaban J connectivity index is 0.00000256. The summed E-state index contributed by atoms with van der Waals surface area (Å²) < 4.78 is 5.72. The molecule has 0 fully saturated rings. The van der Waals surface area contributed by atoms with E-state index in [1.807, 2.05) is 0 Å². The molecule has 0 saturated heterocycles. The van der Waals surface area contributed by atoms with Crippen LogP contribution in [-0.2, 0) is 12.6 Å². The molecule has 1 aromatic rings. The fourth-order valence-electron chi connectivity index (χ4n) is 0.982. The van der Waals surface area contributed by atoms with Crippen molar-refractivity contribution in [1.82, 2.24) is 10.9 Å². The van der Waals surface area contributed by atoms with Gasteiger partial charge in [-0.3, -0.25) is 10.2 Å². The van der Waals surface area contributed by atoms with Gasteiger partial charge in [-0.25, -0.2) is 0 Å². The van der Waals surface area contributed by atoms with Gasteiger partial charge in [-0.15, -0.1) is 0 Å². The molecule has 0 saturated carbocycles. The van der Waals surface area contributed by atoms with Gasteiger partial charge in [-0.2, -0.15) is 0 Å². The molecule has 0 aliphatic heterocycles. The van der Waals surface area contributed by atoms with Gasteiger partial charge in [0.05, 0.1) is 12.7 Å². The third kappa shape index (κ3) is 5.93. The molecule has 0 bridgehead atoms. The first kappa shape index (κ1) is 17.7. The van der Waals surface area contributed by atoms with Crippen molar-refractivity contribution in [3.8, 4) is 5.75 Å². The Morgan fingerprint density at radius 1 is 1.47 bits per heavy atom. The first-order valence-electron chi connectivity index (χ1n) is 4.15. The zero-order chi connectivity index (χ0) is 12.1. The second kappa shape index (κ2) is 8.76. The predicted molar refractivity (Wildman–Crippen MR) is 71.3 cm³/mol. The summed E-state index contributed by atoms with van der Waals surface area (Å²) in [5.41, 5.74) is 5.22. The van der Waals surface area contributed by atoms with Crippen LogP contribution in [0.4, 0.5) is 0 Å². The maximum absolute atomic E-state index is 11.6. The van der Waals surface area contributed by atoms with Gasteiger partial charge in [0.25, 0.3) is 5.91 Å². The summed E-state index contributed by atoms with van der Waals surface area (Å²) in [7, 11) is 1.55. The van der Waals surface area contributed by atoms with Crippen molar-refractivity contribution in [2.24, 2.45) is 0 Å². The summed E-state index contributed by atoms with van der Waals surface area (Å²) in [5.74, 6) is 0.330. The standard InChI is InChI=1S/C9H9BrN2O2S2.K/c1-14-5-2-3-6(7(10)4-5)8(13)11-12-9(15)16;/h2-4H,1H3,(H,11,13)(H2,12,15,16);/q;+1/p-1. The minimum atomic E-state index is -0.332. The molecule has 1 rings (SSSR count). The van der Waals surface area contributed by atoms with Gasteiger partial charge in [0.15, 0.2) is 0 Å². The van der Waals surface area contributed by atoms with E-state index in [9.17, 15) is 4.79 Å². The summed E-state index contributed by atoms with van der Waals surface area (Å²) in [4.78, 5) is 11.6. The minimum Gasteiger partial charge on any atom is -0.497 e. The van der Waals surface area contributed by atoms with E-state index in [0.29, 0.717) is 15.8 Å². The van der Waals surface area contributed by atoms with Crippen molar-refractivity contribution in [3.05, 3.63) is 28.2 Å². The van der Waals surface area contributed by atoms with E-state index in [-0.39, 0.29) is 61.6 Å². The molecule has 1 aromatic carbocycles. The van der Waals surface area contributed by atoms with Gasteiger partial charge < -0.3 is 35.0 Å². The van der Waals surface area contributed by atoms with E-state index in [1.54, 1.807) is 25.3 Å². The van der Waals surface area contributed by atoms with Crippen LogP contribution in [0, 0.1) is 0 Å². The van der Waals surface area contributed by atoms with Crippen molar-refractivity contribution >= 4 is 51.0 Å². The predicted octanol–water partition coefficient (Wildman–Crippen LogP) is -1.47. The van der Waals surface area contributed by atoms with Crippen LogP contribution < -0.4 is 67.0 Å². The first-order chi connectivity index (χ1) is 7.54. The summed E-state index contributed by atoms with van der Waals surface area (Å²) in [6.45, 7) is 0. The Bertz CT molecular complexity index is 431. The topological polar surface area (TPSA) is 50.4 Å². The molecule has 0 radical (unpaired) electrons. The Hall–Kier alpha value is 0.716. The van der Waals surface area contributed by atoms with Crippen LogP contribution in [0.5, 0.6) is 5.75 Å². The molecule has 17 heavy (non-hydrogen) atoms. The number of methoxy groups -OCH3 is 1. The Kier molecular flexibility index (Phi) is 9.12. The van der Waals surface area contributed by atoms with Gasteiger partial charge in [-0.1, -0.05) is 0 Å². The second-order valence-corrected chi connectivity index (χ2v) is 4.64. The van der Waals surface area contributed by atoms with Crippen LogP contribution >= 0.6 is 28.1 Å². The van der Waals surface area contributed by atoms with E-state index in [2.05, 4.69) is 51.6 Å². The molecule has 0 aromatic heterocycles. The second-order valence-electron chi connectivity index (χ2n) is 2.71. The van der Waals surface area contributed by atoms with Crippen molar-refractivity contribution in [3.63, 3.8) is 0 Å². The third-order valence-corrected chi connectivity index (χ3v) is 2.56. The third-order valence-electron chi connectivity index (χ3n) is 1.70. The Morgan fingerprint density at radius 3 is 2.59 bits per heavy atom. The van der Waals surface area contributed by atoms with Crippen molar-refractivity contribution in [2.45, 2.75) is 0 Å². The van der Waals surface area contributed by atoms with Crippen LogP contribution in [0.15, 0.2) is 22.7 Å². The zero-order valence-electron chi connectivity index (χ0n) is 9.24. The normalized spacial score (nSPS) is 8.82. The van der Waals surface area contributed by atoms with Gasteiger partial charge in [0.2, 0.25) is 0 Å². The smallest absolute Gasteiger partial charge is 0.497 e. The number of halogens is 1. The number of hydrazine groups is 1. The summed E-state index contributed by atoms with van der Waals surface area (Å²) in [5, 5.41) is 0. The SMILES string of the molecule is COc1ccc(C(=O)NNC(=S)[S-])c(Br)c1.[K+]. The summed E-state index contributed by atoms with van der Waals surface area (Å²) >= 11 is 12.5. The van der Waals surface area contributed by atoms with Crippen LogP contribution in [0.2, 0.25) is 0 Å². The van der Waals surface area contributed by atoms with Crippen LogP contribution in [0.25, 0.3) is 0 Å². The summed E-state index contributed by atoms with van der Waals surface area (Å²) in [6.07, 6.45) is 0. The Morgan fingerprint density at radius 2 is 2.12 bits per heavy atom. The largest absolute Gasteiger partial charge is 1.00 e. The average molecular weight is 359 g/mol. The molecular formula is C9H8BrKN2O2S2. The molecule has 86 valence electrons. The van der Waals surface area contributed by atoms with Crippen molar-refractivity contribution in [1.29, 1.82) is 0 Å². The molecule has 2 N–H and O–H groups in total. The maximum atomic E-state index is 11.6. The zero-order valence-corrected chi connectivity index (χ0v) is 15.6. The Labute approximate surface area is 161 Å². The van der Waals surface area contributed by atoms with Crippen LogP contribution in [0.3, 0.4) is 0 Å². The summed E-state index contributed by atoms with van der Waals surface area (Å²) in [6, 6.07) is 5.01. The average Bonchev–Trinajstić information content (AvgIpc) is 2.25. The van der Waals surface area contributed by atoms with Crippen molar-refractivity contribution < 1.29 is 60.9 Å². The number of hydrogen-bond donors (Lipinski definition) is 2. The van der Waals surface area contributed by atoms with Gasteiger partial charge >= 0.3 is 51.4 Å². The van der Waals surface area contributed by atoms with Crippen LogP contribution in [0.1, 0.15) is 10.4 Å².